The van der Waals surface area contributed by atoms with Gasteiger partial charge in [-0.3, -0.25) is 4.79 Å². The molecule has 0 saturated heterocycles. The van der Waals surface area contributed by atoms with Gasteiger partial charge in [0, 0.05) is 0 Å². The number of ether oxygens (including phenoxy) is 3. The summed E-state index contributed by atoms with van der Waals surface area (Å²) < 4.78 is 16.4. The minimum Gasteiger partial charge on any atom is -0.493 e. The van der Waals surface area contributed by atoms with E-state index in [1.807, 2.05) is 24.3 Å². The molecule has 1 N–H and O–H groups in total. The number of rotatable bonds is 8. The van der Waals surface area contributed by atoms with E-state index in [9.17, 15) is 4.79 Å². The van der Waals surface area contributed by atoms with Gasteiger partial charge in [0.2, 0.25) is 0 Å². The zero-order valence-electron chi connectivity index (χ0n) is 13.8. The molecule has 0 fully saturated rings. The summed E-state index contributed by atoms with van der Waals surface area (Å²) in [6.45, 7) is 5.65. The highest BCUT2D eigenvalue weighted by atomic mass is 16.5. The lowest BCUT2D eigenvalue weighted by Gasteiger charge is -2.17. The molecular formula is C19H21NO4. The predicted octanol–water partition coefficient (Wildman–Crippen LogP) is 3.67. The zero-order valence-corrected chi connectivity index (χ0v) is 13.8. The molecule has 0 saturated carbocycles. The van der Waals surface area contributed by atoms with Crippen molar-refractivity contribution in [1.82, 2.24) is 0 Å². The lowest BCUT2D eigenvalue weighted by molar-refractivity contribution is -0.122. The highest BCUT2D eigenvalue weighted by molar-refractivity contribution is 5.95. The summed E-state index contributed by atoms with van der Waals surface area (Å²) in [5.41, 5.74) is 0.583. The van der Waals surface area contributed by atoms with Crippen LogP contribution in [0.4, 0.5) is 5.69 Å². The van der Waals surface area contributed by atoms with E-state index in [1.165, 1.54) is 0 Å². The Hall–Kier alpha value is -2.95. The molecule has 0 aromatic heterocycles. The first-order valence-electron chi connectivity index (χ1n) is 7.59. The quantitative estimate of drug-likeness (QED) is 0.752. The van der Waals surface area contributed by atoms with Crippen LogP contribution in [0.2, 0.25) is 0 Å². The first-order valence-corrected chi connectivity index (χ1v) is 7.59. The Balaban J connectivity index is 2.05. The maximum absolute atomic E-state index is 12.4. The van der Waals surface area contributed by atoms with Gasteiger partial charge < -0.3 is 19.5 Å². The van der Waals surface area contributed by atoms with Gasteiger partial charge in [-0.25, -0.2) is 0 Å². The Kier molecular flexibility index (Phi) is 6.25. The molecule has 1 atom stereocenters. The molecule has 0 aliphatic heterocycles. The van der Waals surface area contributed by atoms with Crippen LogP contribution in [0.15, 0.2) is 61.2 Å². The van der Waals surface area contributed by atoms with E-state index in [1.54, 1.807) is 44.4 Å². The van der Waals surface area contributed by atoms with Crippen molar-refractivity contribution in [3.05, 3.63) is 61.2 Å². The number of amides is 1. The van der Waals surface area contributed by atoms with Crippen molar-refractivity contribution in [2.75, 3.05) is 19.0 Å². The lowest BCUT2D eigenvalue weighted by atomic mass is 10.2. The third kappa shape index (κ3) is 4.52. The normalized spacial score (nSPS) is 11.2. The van der Waals surface area contributed by atoms with E-state index in [-0.39, 0.29) is 5.91 Å². The molecule has 24 heavy (non-hydrogen) atoms. The van der Waals surface area contributed by atoms with Crippen LogP contribution in [0, 0.1) is 0 Å². The highest BCUT2D eigenvalue weighted by Crippen LogP contribution is 2.28. The Morgan fingerprint density at radius 3 is 2.42 bits per heavy atom. The Morgan fingerprint density at radius 2 is 1.75 bits per heavy atom. The summed E-state index contributed by atoms with van der Waals surface area (Å²) in [6.07, 6.45) is 0.945. The van der Waals surface area contributed by atoms with E-state index in [0.29, 0.717) is 29.5 Å². The number of methoxy groups -OCH3 is 1. The second-order valence-corrected chi connectivity index (χ2v) is 5.00. The van der Waals surface area contributed by atoms with Gasteiger partial charge in [-0.05, 0) is 31.2 Å². The number of anilines is 1. The van der Waals surface area contributed by atoms with Crippen LogP contribution < -0.4 is 19.5 Å². The van der Waals surface area contributed by atoms with Gasteiger partial charge in [-0.2, -0.15) is 0 Å². The van der Waals surface area contributed by atoms with Crippen molar-refractivity contribution in [3.8, 4) is 17.2 Å². The van der Waals surface area contributed by atoms with Crippen LogP contribution in [0.3, 0.4) is 0 Å². The van der Waals surface area contributed by atoms with Crippen LogP contribution in [0.25, 0.3) is 0 Å². The molecule has 126 valence electrons. The maximum Gasteiger partial charge on any atom is 0.265 e. The van der Waals surface area contributed by atoms with Crippen LogP contribution >= 0.6 is 0 Å². The average molecular weight is 327 g/mol. The van der Waals surface area contributed by atoms with Crippen LogP contribution in [-0.2, 0) is 4.79 Å². The smallest absolute Gasteiger partial charge is 0.265 e. The number of carbonyl (C=O) groups excluding carboxylic acids is 1. The van der Waals surface area contributed by atoms with E-state index < -0.39 is 6.10 Å². The van der Waals surface area contributed by atoms with Gasteiger partial charge in [0.05, 0.1) is 12.8 Å². The number of nitrogens with one attached hydrogen (secondary N) is 1. The lowest BCUT2D eigenvalue weighted by Crippen LogP contribution is -2.30. The molecule has 0 bridgehead atoms. The van der Waals surface area contributed by atoms with E-state index in [4.69, 9.17) is 14.2 Å². The first kappa shape index (κ1) is 17.4. The molecule has 0 aliphatic rings. The minimum atomic E-state index is -0.700. The van der Waals surface area contributed by atoms with Crippen molar-refractivity contribution in [2.45, 2.75) is 13.0 Å². The van der Waals surface area contributed by atoms with E-state index >= 15 is 0 Å². The number of benzene rings is 2. The van der Waals surface area contributed by atoms with Gasteiger partial charge in [0.15, 0.2) is 17.6 Å². The first-order chi connectivity index (χ1) is 11.7. The van der Waals surface area contributed by atoms with Gasteiger partial charge in [0.25, 0.3) is 5.91 Å². The maximum atomic E-state index is 12.4. The second kappa shape index (κ2) is 8.62. The summed E-state index contributed by atoms with van der Waals surface area (Å²) in [5.74, 6) is 1.39. The molecule has 5 heteroatoms. The Bertz CT molecular complexity index is 699. The van der Waals surface area contributed by atoms with Gasteiger partial charge in [0.1, 0.15) is 12.4 Å². The van der Waals surface area contributed by atoms with Crippen LogP contribution in [0.1, 0.15) is 6.92 Å². The Morgan fingerprint density at radius 1 is 1.12 bits per heavy atom. The van der Waals surface area contributed by atoms with Gasteiger partial charge >= 0.3 is 0 Å². The number of para-hydroxylation sites is 4. The highest BCUT2D eigenvalue weighted by Gasteiger charge is 2.18. The molecule has 2 aromatic carbocycles. The van der Waals surface area contributed by atoms with Crippen molar-refractivity contribution >= 4 is 11.6 Å². The van der Waals surface area contributed by atoms with Crippen LogP contribution in [-0.4, -0.2) is 25.7 Å². The topological polar surface area (TPSA) is 56.8 Å². The molecule has 1 unspecified atom stereocenters. The summed E-state index contributed by atoms with van der Waals surface area (Å²) in [6, 6.07) is 14.4. The van der Waals surface area contributed by atoms with Crippen molar-refractivity contribution in [1.29, 1.82) is 0 Å². The van der Waals surface area contributed by atoms with Gasteiger partial charge in [-0.1, -0.05) is 36.9 Å². The molecule has 1 amide bonds. The predicted molar refractivity (Wildman–Crippen MR) is 93.8 cm³/mol. The summed E-state index contributed by atoms with van der Waals surface area (Å²) in [5, 5.41) is 2.81. The molecule has 2 aromatic rings. The third-order valence-corrected chi connectivity index (χ3v) is 3.24. The summed E-state index contributed by atoms with van der Waals surface area (Å²) >= 11 is 0. The number of hydrogen-bond acceptors (Lipinski definition) is 4. The van der Waals surface area contributed by atoms with Gasteiger partial charge in [-0.15, -0.1) is 0 Å². The fourth-order valence-electron chi connectivity index (χ4n) is 2.04. The van der Waals surface area contributed by atoms with Crippen LogP contribution in [0.5, 0.6) is 17.2 Å². The minimum absolute atomic E-state index is 0.282. The third-order valence-electron chi connectivity index (χ3n) is 3.24. The monoisotopic (exact) mass is 327 g/mol. The molecule has 0 spiro atoms. The molecular weight excluding hydrogens is 306 g/mol. The largest absolute Gasteiger partial charge is 0.493 e. The number of carbonyl (C=O) groups is 1. The zero-order chi connectivity index (χ0) is 17.4. The molecule has 2 rings (SSSR count). The summed E-state index contributed by atoms with van der Waals surface area (Å²) in [7, 11) is 1.56. The molecule has 5 nitrogen and oxygen atoms in total. The molecule has 0 aliphatic carbocycles. The van der Waals surface area contributed by atoms with Crippen molar-refractivity contribution < 1.29 is 19.0 Å². The van der Waals surface area contributed by atoms with E-state index in [0.717, 1.165) is 0 Å². The Labute approximate surface area is 141 Å². The molecule has 0 heterocycles. The van der Waals surface area contributed by atoms with Crippen molar-refractivity contribution in [3.63, 3.8) is 0 Å². The SMILES string of the molecule is C=CCOc1ccccc1NC(=O)C(C)Oc1ccccc1OC. The average Bonchev–Trinajstić information content (AvgIpc) is 2.61. The fourth-order valence-corrected chi connectivity index (χ4v) is 2.04. The van der Waals surface area contributed by atoms with E-state index in [2.05, 4.69) is 11.9 Å². The standard InChI is InChI=1S/C19H21NO4/c1-4-13-23-16-10-6-5-9-15(16)20-19(21)14(2)24-18-12-8-7-11-17(18)22-3/h4-12,14H,1,13H2,2-3H3,(H,20,21). The summed E-state index contributed by atoms with van der Waals surface area (Å²) in [4.78, 5) is 12.4. The molecule has 0 radical (unpaired) electrons. The fraction of sp³-hybridized carbons (Fsp3) is 0.211. The number of hydrogen-bond donors (Lipinski definition) is 1. The second-order valence-electron chi connectivity index (χ2n) is 5.00. The van der Waals surface area contributed by atoms with Crippen molar-refractivity contribution in [2.24, 2.45) is 0 Å².